The van der Waals surface area contributed by atoms with Crippen LogP contribution in [0.25, 0.3) is 0 Å². The molecule has 13 heavy (non-hydrogen) atoms. The molecule has 2 N–H and O–H groups in total. The van der Waals surface area contributed by atoms with Crippen molar-refractivity contribution in [3.05, 3.63) is 0 Å². The minimum absolute atomic E-state index is 0.982. The number of piperidine rings is 1. The minimum Gasteiger partial charge on any atom is -0.317 e. The van der Waals surface area contributed by atoms with Crippen LogP contribution in [0.5, 0.6) is 0 Å². The fourth-order valence-corrected chi connectivity index (χ4v) is 1.65. The molecule has 0 saturated carbocycles. The maximum atomic E-state index is 3.38. The summed E-state index contributed by atoms with van der Waals surface area (Å²) in [5.74, 6) is 0.982. The third-order valence-corrected chi connectivity index (χ3v) is 2.44. The van der Waals surface area contributed by atoms with Gasteiger partial charge in [-0.25, -0.2) is 0 Å². The molecule has 0 amide bonds. The van der Waals surface area contributed by atoms with Gasteiger partial charge in [-0.05, 0) is 51.4 Å². The van der Waals surface area contributed by atoms with Crippen LogP contribution in [0.15, 0.2) is 0 Å². The minimum atomic E-state index is 0.982. The molecule has 0 bridgehead atoms. The molecular weight excluding hydrogens is 160 g/mol. The summed E-state index contributed by atoms with van der Waals surface area (Å²) in [4.78, 5) is 0. The van der Waals surface area contributed by atoms with Crippen LogP contribution in [-0.4, -0.2) is 26.2 Å². The average molecular weight is 186 g/mol. The second kappa shape index (κ2) is 10.0. The molecule has 1 aliphatic rings. The number of hydrogen-bond donors (Lipinski definition) is 2. The Morgan fingerprint density at radius 2 is 1.85 bits per heavy atom. The Kier molecular flexibility index (Phi) is 9.94. The monoisotopic (exact) mass is 186 g/mol. The first-order chi connectivity index (χ1) is 6.43. The van der Waals surface area contributed by atoms with E-state index in [1.165, 1.54) is 38.9 Å². The van der Waals surface area contributed by atoms with Crippen molar-refractivity contribution in [3.63, 3.8) is 0 Å². The molecule has 2 nitrogen and oxygen atoms in total. The Morgan fingerprint density at radius 3 is 2.38 bits per heavy atom. The molecule has 0 aromatic heterocycles. The third kappa shape index (κ3) is 7.03. The Morgan fingerprint density at radius 1 is 1.23 bits per heavy atom. The maximum Gasteiger partial charge on any atom is -0.00463 e. The van der Waals surface area contributed by atoms with Crippen LogP contribution >= 0.6 is 0 Å². The van der Waals surface area contributed by atoms with E-state index in [1.54, 1.807) is 0 Å². The molecule has 0 aromatic carbocycles. The van der Waals surface area contributed by atoms with Gasteiger partial charge >= 0.3 is 0 Å². The van der Waals surface area contributed by atoms with Gasteiger partial charge in [0.05, 0.1) is 0 Å². The topological polar surface area (TPSA) is 24.1 Å². The predicted molar refractivity (Wildman–Crippen MR) is 60.1 cm³/mol. The van der Waals surface area contributed by atoms with Gasteiger partial charge in [0, 0.05) is 0 Å². The fraction of sp³-hybridized carbons (Fsp3) is 1.00. The lowest BCUT2D eigenvalue weighted by Gasteiger charge is -2.22. The largest absolute Gasteiger partial charge is 0.317 e. The molecule has 0 aliphatic carbocycles. The van der Waals surface area contributed by atoms with Gasteiger partial charge in [0.2, 0.25) is 0 Å². The molecule has 1 saturated heterocycles. The van der Waals surface area contributed by atoms with Gasteiger partial charge in [-0.1, -0.05) is 20.8 Å². The van der Waals surface area contributed by atoms with E-state index in [9.17, 15) is 0 Å². The highest BCUT2D eigenvalue weighted by Crippen LogP contribution is 2.14. The summed E-state index contributed by atoms with van der Waals surface area (Å²) in [6.07, 6.45) is 4.13. The van der Waals surface area contributed by atoms with Crippen LogP contribution in [0, 0.1) is 5.92 Å². The Balaban J connectivity index is 0.000000671. The summed E-state index contributed by atoms with van der Waals surface area (Å²) in [5, 5.41) is 6.76. The van der Waals surface area contributed by atoms with E-state index in [-0.39, 0.29) is 0 Å². The van der Waals surface area contributed by atoms with E-state index in [1.807, 2.05) is 13.8 Å². The van der Waals surface area contributed by atoms with Crippen molar-refractivity contribution in [1.82, 2.24) is 10.6 Å². The van der Waals surface area contributed by atoms with Crippen molar-refractivity contribution < 1.29 is 0 Å². The molecule has 0 unspecified atom stereocenters. The van der Waals surface area contributed by atoms with Crippen molar-refractivity contribution in [3.8, 4) is 0 Å². The normalized spacial score (nSPS) is 17.8. The van der Waals surface area contributed by atoms with Gasteiger partial charge in [-0.15, -0.1) is 0 Å². The van der Waals surface area contributed by atoms with Crippen LogP contribution < -0.4 is 10.6 Å². The molecule has 0 aromatic rings. The zero-order valence-corrected chi connectivity index (χ0v) is 9.53. The molecule has 1 fully saturated rings. The van der Waals surface area contributed by atoms with Crippen molar-refractivity contribution in [2.75, 3.05) is 26.2 Å². The molecule has 1 heterocycles. The standard InChI is InChI=1S/C9H20N2.C2H6/c1-2-10-6-3-9-4-7-11-8-5-9;1-2/h9-11H,2-8H2,1H3;1-2H3. The zero-order valence-electron chi connectivity index (χ0n) is 9.53. The van der Waals surface area contributed by atoms with Crippen LogP contribution in [-0.2, 0) is 0 Å². The maximum absolute atomic E-state index is 3.38. The second-order valence-electron chi connectivity index (χ2n) is 3.34. The summed E-state index contributed by atoms with van der Waals surface area (Å²) < 4.78 is 0. The van der Waals surface area contributed by atoms with E-state index in [2.05, 4.69) is 17.6 Å². The number of nitrogens with one attached hydrogen (secondary N) is 2. The van der Waals surface area contributed by atoms with Gasteiger partial charge in [0.1, 0.15) is 0 Å². The summed E-state index contributed by atoms with van der Waals surface area (Å²) in [6.45, 7) is 11.0. The number of hydrogen-bond acceptors (Lipinski definition) is 2. The Labute approximate surface area is 83.5 Å². The quantitative estimate of drug-likeness (QED) is 0.656. The lowest BCUT2D eigenvalue weighted by Crippen LogP contribution is -2.29. The molecular formula is C11H26N2. The lowest BCUT2D eigenvalue weighted by molar-refractivity contribution is 0.349. The molecule has 0 spiro atoms. The van der Waals surface area contributed by atoms with E-state index in [0.717, 1.165) is 12.5 Å². The van der Waals surface area contributed by atoms with Crippen molar-refractivity contribution in [2.45, 2.75) is 40.0 Å². The fourth-order valence-electron chi connectivity index (χ4n) is 1.65. The SMILES string of the molecule is CC.CCNCCC1CCNCC1. The predicted octanol–water partition coefficient (Wildman–Crippen LogP) is 2.01. The highest BCUT2D eigenvalue weighted by Gasteiger charge is 2.11. The summed E-state index contributed by atoms with van der Waals surface area (Å²) in [7, 11) is 0. The van der Waals surface area contributed by atoms with Gasteiger partial charge in [-0.3, -0.25) is 0 Å². The van der Waals surface area contributed by atoms with Crippen LogP contribution in [0.1, 0.15) is 40.0 Å². The summed E-state index contributed by atoms with van der Waals surface area (Å²) in [5.41, 5.74) is 0. The van der Waals surface area contributed by atoms with Gasteiger partial charge in [0.25, 0.3) is 0 Å². The van der Waals surface area contributed by atoms with E-state index < -0.39 is 0 Å². The average Bonchev–Trinajstić information content (AvgIpc) is 2.23. The highest BCUT2D eigenvalue weighted by molar-refractivity contribution is 4.68. The molecule has 1 rings (SSSR count). The summed E-state index contributed by atoms with van der Waals surface area (Å²) >= 11 is 0. The molecule has 2 heteroatoms. The number of rotatable bonds is 4. The van der Waals surface area contributed by atoms with Crippen LogP contribution in [0.4, 0.5) is 0 Å². The zero-order chi connectivity index (χ0) is 9.94. The first-order valence-electron chi connectivity index (χ1n) is 5.85. The van der Waals surface area contributed by atoms with Gasteiger partial charge in [-0.2, -0.15) is 0 Å². The van der Waals surface area contributed by atoms with Crippen molar-refractivity contribution in [2.24, 2.45) is 5.92 Å². The molecule has 80 valence electrons. The van der Waals surface area contributed by atoms with E-state index >= 15 is 0 Å². The van der Waals surface area contributed by atoms with E-state index in [0.29, 0.717) is 0 Å². The Bertz CT molecular complexity index is 88.1. The Hall–Kier alpha value is -0.0800. The molecule has 1 aliphatic heterocycles. The second-order valence-corrected chi connectivity index (χ2v) is 3.34. The molecule has 0 atom stereocenters. The van der Waals surface area contributed by atoms with Gasteiger partial charge < -0.3 is 10.6 Å². The van der Waals surface area contributed by atoms with Crippen molar-refractivity contribution in [1.29, 1.82) is 0 Å². The van der Waals surface area contributed by atoms with Crippen LogP contribution in [0.2, 0.25) is 0 Å². The van der Waals surface area contributed by atoms with E-state index in [4.69, 9.17) is 0 Å². The summed E-state index contributed by atoms with van der Waals surface area (Å²) in [6, 6.07) is 0. The highest BCUT2D eigenvalue weighted by atomic mass is 14.9. The van der Waals surface area contributed by atoms with Crippen molar-refractivity contribution >= 4 is 0 Å². The first kappa shape index (κ1) is 12.9. The smallest absolute Gasteiger partial charge is 0.00463 e. The first-order valence-corrected chi connectivity index (χ1v) is 5.85. The lowest BCUT2D eigenvalue weighted by atomic mass is 9.95. The molecule has 0 radical (unpaired) electrons. The van der Waals surface area contributed by atoms with Crippen LogP contribution in [0.3, 0.4) is 0 Å². The van der Waals surface area contributed by atoms with Gasteiger partial charge in [0.15, 0.2) is 0 Å². The third-order valence-electron chi connectivity index (χ3n) is 2.44.